The van der Waals surface area contributed by atoms with Gasteiger partial charge >= 0.3 is 0 Å². The number of aromatic nitrogens is 3. The Morgan fingerprint density at radius 3 is 2.69 bits per heavy atom. The van der Waals surface area contributed by atoms with E-state index in [2.05, 4.69) is 45.3 Å². The maximum absolute atomic E-state index is 14.0. The Labute approximate surface area is 204 Å². The fourth-order valence-electron chi connectivity index (χ4n) is 2.93. The van der Waals surface area contributed by atoms with Crippen LogP contribution in [-0.2, 0) is 11.3 Å². The van der Waals surface area contributed by atoms with Gasteiger partial charge < -0.3 is 14.6 Å². The van der Waals surface area contributed by atoms with Gasteiger partial charge in [0.15, 0.2) is 28.7 Å². The number of hydrogen-bond donors (Lipinski definition) is 1. The van der Waals surface area contributed by atoms with Crippen molar-refractivity contribution in [2.24, 2.45) is 5.92 Å². The van der Waals surface area contributed by atoms with Gasteiger partial charge in [-0.3, -0.25) is 4.79 Å². The number of carbonyl (C=O) groups excluding carboxylic acids is 1. The zero-order chi connectivity index (χ0) is 23.3. The number of thioether (sulfide) groups is 1. The molecule has 0 aliphatic rings. The fourth-order valence-corrected chi connectivity index (χ4v) is 4.11. The zero-order valence-corrected chi connectivity index (χ0v) is 21.0. The predicted octanol–water partition coefficient (Wildman–Crippen LogP) is 6.36. The molecule has 1 N–H and O–H groups in total. The van der Waals surface area contributed by atoms with E-state index in [1.807, 2.05) is 4.57 Å². The number of hydrogen-bond acceptors (Lipinski definition) is 5. The molecule has 0 aliphatic heterocycles. The number of benzene rings is 2. The van der Waals surface area contributed by atoms with Gasteiger partial charge in [0.05, 0.1) is 10.8 Å². The molecule has 2 aromatic carbocycles. The summed E-state index contributed by atoms with van der Waals surface area (Å²) in [4.78, 5) is 12.4. The maximum atomic E-state index is 14.0. The van der Waals surface area contributed by atoms with Crippen molar-refractivity contribution in [1.29, 1.82) is 0 Å². The van der Waals surface area contributed by atoms with E-state index in [4.69, 9.17) is 16.3 Å². The lowest BCUT2D eigenvalue weighted by molar-refractivity contribution is -0.113. The minimum absolute atomic E-state index is 0.145. The molecule has 32 heavy (non-hydrogen) atoms. The second-order valence-corrected chi connectivity index (χ2v) is 9.71. The topological polar surface area (TPSA) is 69.0 Å². The molecule has 1 atom stereocenters. The van der Waals surface area contributed by atoms with Crippen LogP contribution in [0.2, 0.25) is 5.02 Å². The van der Waals surface area contributed by atoms with E-state index in [-0.39, 0.29) is 17.4 Å². The molecule has 1 aromatic heterocycles. The summed E-state index contributed by atoms with van der Waals surface area (Å²) in [5.74, 6) is 0.555. The molecular weight excluding hydrogens is 519 g/mol. The molecule has 0 spiro atoms. The number of para-hydroxylation sites is 1. The minimum atomic E-state index is -0.522. The van der Waals surface area contributed by atoms with Gasteiger partial charge in [-0.2, -0.15) is 0 Å². The van der Waals surface area contributed by atoms with Crippen LogP contribution in [0.15, 0.2) is 52.1 Å². The van der Waals surface area contributed by atoms with Crippen molar-refractivity contribution >= 4 is 50.9 Å². The van der Waals surface area contributed by atoms with Gasteiger partial charge in [-0.25, -0.2) is 4.39 Å². The molecular formula is C22H23BrClFN4O2S. The highest BCUT2D eigenvalue weighted by Crippen LogP contribution is 2.28. The average Bonchev–Trinajstić information content (AvgIpc) is 3.13. The van der Waals surface area contributed by atoms with Crippen LogP contribution in [0.1, 0.15) is 32.7 Å². The highest BCUT2D eigenvalue weighted by Gasteiger charge is 2.22. The van der Waals surface area contributed by atoms with E-state index in [0.717, 1.165) is 4.47 Å². The summed E-state index contributed by atoms with van der Waals surface area (Å²) in [6.07, 6.45) is -0.522. The van der Waals surface area contributed by atoms with Gasteiger partial charge in [-0.05, 0) is 59.1 Å². The molecule has 0 aliphatic carbocycles. The first kappa shape index (κ1) is 24.5. The molecule has 0 saturated heterocycles. The second kappa shape index (κ2) is 11.2. The molecule has 0 radical (unpaired) electrons. The van der Waals surface area contributed by atoms with Crippen molar-refractivity contribution in [3.8, 4) is 5.75 Å². The summed E-state index contributed by atoms with van der Waals surface area (Å²) in [6, 6.07) is 11.4. The Hall–Kier alpha value is -2.10. The SMILES string of the molecule is CC(C)Cn1c(SCC(=O)Nc2ccc(Br)c(Cl)c2)nnc1C(C)Oc1ccccc1F. The first-order chi connectivity index (χ1) is 15.2. The lowest BCUT2D eigenvalue weighted by Gasteiger charge is -2.18. The third-order valence-electron chi connectivity index (χ3n) is 4.33. The van der Waals surface area contributed by atoms with Crippen LogP contribution in [0.4, 0.5) is 10.1 Å². The minimum Gasteiger partial charge on any atom is -0.480 e. The molecule has 1 heterocycles. The van der Waals surface area contributed by atoms with Crippen molar-refractivity contribution < 1.29 is 13.9 Å². The van der Waals surface area contributed by atoms with Crippen LogP contribution in [-0.4, -0.2) is 26.4 Å². The number of halogens is 3. The number of nitrogens with zero attached hydrogens (tertiary/aromatic N) is 3. The van der Waals surface area contributed by atoms with Crippen LogP contribution >= 0.6 is 39.3 Å². The molecule has 3 rings (SSSR count). The van der Waals surface area contributed by atoms with Gasteiger partial charge in [0.25, 0.3) is 0 Å². The maximum Gasteiger partial charge on any atom is 0.234 e. The molecule has 10 heteroatoms. The summed E-state index contributed by atoms with van der Waals surface area (Å²) >= 11 is 10.7. The summed E-state index contributed by atoms with van der Waals surface area (Å²) < 4.78 is 22.5. The van der Waals surface area contributed by atoms with Gasteiger partial charge in [-0.15, -0.1) is 10.2 Å². The second-order valence-electron chi connectivity index (χ2n) is 7.50. The first-order valence-corrected chi connectivity index (χ1v) is 12.1. The first-order valence-electron chi connectivity index (χ1n) is 9.96. The van der Waals surface area contributed by atoms with Crippen LogP contribution in [0.25, 0.3) is 0 Å². The normalized spacial score (nSPS) is 12.1. The lowest BCUT2D eigenvalue weighted by Crippen LogP contribution is -2.17. The molecule has 1 unspecified atom stereocenters. The Balaban J connectivity index is 1.70. The van der Waals surface area contributed by atoms with Crippen LogP contribution < -0.4 is 10.1 Å². The molecule has 0 saturated carbocycles. The van der Waals surface area contributed by atoms with Gasteiger partial charge in [-0.1, -0.05) is 49.3 Å². The van der Waals surface area contributed by atoms with Gasteiger partial charge in [0, 0.05) is 16.7 Å². The van der Waals surface area contributed by atoms with Crippen LogP contribution in [0.3, 0.4) is 0 Å². The number of carbonyl (C=O) groups is 1. The monoisotopic (exact) mass is 540 g/mol. The highest BCUT2D eigenvalue weighted by molar-refractivity contribution is 9.10. The van der Waals surface area contributed by atoms with Gasteiger partial charge in [0.1, 0.15) is 0 Å². The quantitative estimate of drug-likeness (QED) is 0.319. The lowest BCUT2D eigenvalue weighted by atomic mass is 10.2. The van der Waals surface area contributed by atoms with Crippen molar-refractivity contribution in [2.75, 3.05) is 11.1 Å². The Bertz CT molecular complexity index is 1100. The van der Waals surface area contributed by atoms with Crippen molar-refractivity contribution in [3.63, 3.8) is 0 Å². The van der Waals surface area contributed by atoms with Crippen molar-refractivity contribution in [3.05, 3.63) is 63.6 Å². The largest absolute Gasteiger partial charge is 0.480 e. The van der Waals surface area contributed by atoms with Crippen LogP contribution in [0.5, 0.6) is 5.75 Å². The van der Waals surface area contributed by atoms with E-state index in [9.17, 15) is 9.18 Å². The molecule has 3 aromatic rings. The van der Waals surface area contributed by atoms with E-state index >= 15 is 0 Å². The number of amides is 1. The Morgan fingerprint density at radius 1 is 1.25 bits per heavy atom. The summed E-state index contributed by atoms with van der Waals surface area (Å²) in [5, 5.41) is 12.5. The van der Waals surface area contributed by atoms with Crippen molar-refractivity contribution in [2.45, 2.75) is 38.6 Å². The number of rotatable bonds is 9. The fraction of sp³-hybridized carbons (Fsp3) is 0.318. The van der Waals surface area contributed by atoms with E-state index in [1.165, 1.54) is 17.8 Å². The molecule has 6 nitrogen and oxygen atoms in total. The smallest absolute Gasteiger partial charge is 0.234 e. The average molecular weight is 542 g/mol. The number of nitrogens with one attached hydrogen (secondary N) is 1. The molecule has 0 fully saturated rings. The molecule has 1 amide bonds. The van der Waals surface area contributed by atoms with Crippen LogP contribution in [0, 0.1) is 11.7 Å². The Morgan fingerprint density at radius 2 is 2.00 bits per heavy atom. The van der Waals surface area contributed by atoms with E-state index in [0.29, 0.717) is 34.2 Å². The zero-order valence-electron chi connectivity index (χ0n) is 17.8. The molecule has 170 valence electrons. The van der Waals surface area contributed by atoms with E-state index < -0.39 is 11.9 Å². The number of ether oxygens (including phenoxy) is 1. The predicted molar refractivity (Wildman–Crippen MR) is 129 cm³/mol. The third kappa shape index (κ3) is 6.46. The third-order valence-corrected chi connectivity index (χ3v) is 6.53. The van der Waals surface area contributed by atoms with Gasteiger partial charge in [0.2, 0.25) is 5.91 Å². The van der Waals surface area contributed by atoms with E-state index in [1.54, 1.807) is 43.3 Å². The Kier molecular flexibility index (Phi) is 8.56. The number of anilines is 1. The summed E-state index contributed by atoms with van der Waals surface area (Å²) in [6.45, 7) is 6.58. The summed E-state index contributed by atoms with van der Waals surface area (Å²) in [5.41, 5.74) is 0.611. The highest BCUT2D eigenvalue weighted by atomic mass is 79.9. The standard InChI is InChI=1S/C22H23BrClFN4O2S/c1-13(2)11-29-21(14(3)31-19-7-5-4-6-18(19)25)27-28-22(29)32-12-20(30)26-15-8-9-16(23)17(24)10-15/h4-10,13-14H,11-12H2,1-3H3,(H,26,30). The molecule has 0 bridgehead atoms. The van der Waals surface area contributed by atoms with Crippen molar-refractivity contribution in [1.82, 2.24) is 14.8 Å². The summed E-state index contributed by atoms with van der Waals surface area (Å²) in [7, 11) is 0.